The molecule has 0 amide bonds. The predicted octanol–water partition coefficient (Wildman–Crippen LogP) is 4.46. The van der Waals surface area contributed by atoms with Crippen molar-refractivity contribution in [1.29, 1.82) is 0 Å². The zero-order valence-electron chi connectivity index (χ0n) is 22.2. The molecular weight excluding hydrogens is 476 g/mol. The van der Waals surface area contributed by atoms with Gasteiger partial charge in [0.25, 0.3) is 0 Å². The van der Waals surface area contributed by atoms with Crippen LogP contribution in [-0.4, -0.2) is 17.9 Å². The van der Waals surface area contributed by atoms with Crippen molar-refractivity contribution in [3.05, 3.63) is 0 Å². The first-order valence-electron chi connectivity index (χ1n) is 13.4. The normalized spacial score (nSPS) is 9.62. The number of carbonyl (C=O) groups excluding carboxylic acids is 3. The fraction of sp³-hybridized carbons (Fsp3) is 0.889. The summed E-state index contributed by atoms with van der Waals surface area (Å²) < 4.78 is 0. The molecule has 1 radical (unpaired) electrons. The molecule has 0 aromatic carbocycles. The van der Waals surface area contributed by atoms with Crippen LogP contribution in [0.15, 0.2) is 0 Å². The van der Waals surface area contributed by atoms with Gasteiger partial charge in [0.05, 0.1) is 0 Å². The summed E-state index contributed by atoms with van der Waals surface area (Å²) in [7, 11) is 0. The van der Waals surface area contributed by atoms with Crippen molar-refractivity contribution >= 4 is 17.9 Å². The number of aliphatic carboxylic acids is 3. The maximum atomic E-state index is 9.98. The standard InChI is InChI=1S/3C9H18O2.Fe/c3*1-2-3-4-5-6-7-8-9(10)11;/h3*2-8H2,1H3,(H,10,11);/q;;;+3/p-3. The van der Waals surface area contributed by atoms with E-state index in [-0.39, 0.29) is 36.3 Å². The van der Waals surface area contributed by atoms with Gasteiger partial charge in [-0.15, -0.1) is 0 Å². The van der Waals surface area contributed by atoms with Gasteiger partial charge in [-0.25, -0.2) is 0 Å². The Hall–Kier alpha value is -1.07. The smallest absolute Gasteiger partial charge is 0.550 e. The molecule has 34 heavy (non-hydrogen) atoms. The molecule has 0 spiro atoms. The Kier molecular flexibility index (Phi) is 43.1. The maximum Gasteiger partial charge on any atom is 3.00 e. The fourth-order valence-electron chi connectivity index (χ4n) is 3.15. The number of unbranched alkanes of at least 4 members (excludes halogenated alkanes) is 15. The van der Waals surface area contributed by atoms with Crippen molar-refractivity contribution in [2.24, 2.45) is 0 Å². The molecule has 0 aromatic heterocycles. The number of hydrogen-bond acceptors (Lipinski definition) is 6. The van der Waals surface area contributed by atoms with E-state index in [1.54, 1.807) is 0 Å². The van der Waals surface area contributed by atoms with E-state index < -0.39 is 17.9 Å². The topological polar surface area (TPSA) is 120 Å². The van der Waals surface area contributed by atoms with E-state index in [0.29, 0.717) is 0 Å². The van der Waals surface area contributed by atoms with E-state index in [4.69, 9.17) is 0 Å². The fourth-order valence-corrected chi connectivity index (χ4v) is 3.15. The van der Waals surface area contributed by atoms with Gasteiger partial charge >= 0.3 is 17.1 Å². The van der Waals surface area contributed by atoms with Crippen molar-refractivity contribution in [1.82, 2.24) is 0 Å². The van der Waals surface area contributed by atoms with Crippen molar-refractivity contribution in [2.75, 3.05) is 0 Å². The van der Waals surface area contributed by atoms with Crippen LogP contribution in [-0.2, 0) is 31.5 Å². The van der Waals surface area contributed by atoms with Gasteiger partial charge in [-0.05, 0) is 38.5 Å². The van der Waals surface area contributed by atoms with Crippen LogP contribution >= 0.6 is 0 Å². The Balaban J connectivity index is -0.000000196. The molecule has 203 valence electrons. The van der Waals surface area contributed by atoms with Gasteiger partial charge < -0.3 is 29.7 Å². The first-order chi connectivity index (χ1) is 15.8. The summed E-state index contributed by atoms with van der Waals surface area (Å²) in [6.07, 6.45) is 20.9. The summed E-state index contributed by atoms with van der Waals surface area (Å²) in [6.45, 7) is 6.50. The van der Waals surface area contributed by atoms with Gasteiger partial charge in [-0.1, -0.05) is 117 Å². The van der Waals surface area contributed by atoms with Crippen LogP contribution in [0.25, 0.3) is 0 Å². The second-order valence-corrected chi connectivity index (χ2v) is 8.67. The van der Waals surface area contributed by atoms with E-state index in [1.807, 2.05) is 0 Å². The van der Waals surface area contributed by atoms with Crippen LogP contribution in [0.5, 0.6) is 0 Å². The average molecular weight is 528 g/mol. The first-order valence-corrected chi connectivity index (χ1v) is 13.4. The number of hydrogen-bond donors (Lipinski definition) is 0. The Morgan fingerprint density at radius 1 is 0.382 bits per heavy atom. The van der Waals surface area contributed by atoms with Crippen molar-refractivity contribution in [3.63, 3.8) is 0 Å². The van der Waals surface area contributed by atoms with Gasteiger partial charge in [0.2, 0.25) is 0 Å². The zero-order valence-corrected chi connectivity index (χ0v) is 23.3. The summed E-state index contributed by atoms with van der Waals surface area (Å²) in [4.78, 5) is 29.9. The summed E-state index contributed by atoms with van der Waals surface area (Å²) in [6, 6.07) is 0. The molecule has 0 aliphatic carbocycles. The quantitative estimate of drug-likeness (QED) is 0.161. The molecule has 0 bridgehead atoms. The van der Waals surface area contributed by atoms with Crippen molar-refractivity contribution < 1.29 is 46.8 Å². The first kappa shape index (κ1) is 40.1. The summed E-state index contributed by atoms with van der Waals surface area (Å²) in [5.74, 6) is -2.75. The molecule has 6 nitrogen and oxygen atoms in total. The number of rotatable bonds is 21. The second kappa shape index (κ2) is 36.5. The van der Waals surface area contributed by atoms with Crippen molar-refractivity contribution in [3.8, 4) is 0 Å². The third-order valence-corrected chi connectivity index (χ3v) is 5.20. The minimum Gasteiger partial charge on any atom is -0.550 e. The van der Waals surface area contributed by atoms with Crippen LogP contribution < -0.4 is 15.3 Å². The Bertz CT molecular complexity index is 368. The second-order valence-electron chi connectivity index (χ2n) is 8.67. The van der Waals surface area contributed by atoms with Gasteiger partial charge in [0.1, 0.15) is 0 Å². The van der Waals surface area contributed by atoms with Crippen LogP contribution in [0, 0.1) is 0 Å². The van der Waals surface area contributed by atoms with Gasteiger partial charge in [0, 0.05) is 17.9 Å². The molecule has 0 rings (SSSR count). The average Bonchev–Trinajstić information content (AvgIpc) is 2.76. The van der Waals surface area contributed by atoms with Gasteiger partial charge in [-0.2, -0.15) is 0 Å². The molecule has 0 aliphatic rings. The molecular formula is C27H51FeO6. The molecule has 0 atom stereocenters. The molecule has 0 aromatic rings. The monoisotopic (exact) mass is 527 g/mol. The van der Waals surface area contributed by atoms with E-state index in [2.05, 4.69) is 20.8 Å². The minimum absolute atomic E-state index is 0. The van der Waals surface area contributed by atoms with E-state index in [1.165, 1.54) is 77.0 Å². The SMILES string of the molecule is CCCCCCCCC(=O)[O-].CCCCCCCCC(=O)[O-].CCCCCCCCC(=O)[O-].[Fe+3]. The molecule has 0 N–H and O–H groups in total. The molecule has 0 fully saturated rings. The molecule has 0 saturated carbocycles. The van der Waals surface area contributed by atoms with Crippen molar-refractivity contribution in [2.45, 2.75) is 156 Å². The van der Waals surface area contributed by atoms with Crippen LogP contribution in [0.4, 0.5) is 0 Å². The number of carboxylic acids is 3. The Morgan fingerprint density at radius 2 is 0.559 bits per heavy atom. The van der Waals surface area contributed by atoms with E-state index in [0.717, 1.165) is 38.5 Å². The van der Waals surface area contributed by atoms with Crippen LogP contribution in [0.2, 0.25) is 0 Å². The zero-order chi connectivity index (χ0) is 25.6. The Morgan fingerprint density at radius 3 is 0.735 bits per heavy atom. The van der Waals surface area contributed by atoms with Gasteiger partial charge in [0.15, 0.2) is 0 Å². The maximum absolute atomic E-state index is 9.98. The van der Waals surface area contributed by atoms with E-state index in [9.17, 15) is 29.7 Å². The van der Waals surface area contributed by atoms with Crippen LogP contribution in [0.3, 0.4) is 0 Å². The predicted molar refractivity (Wildman–Crippen MR) is 129 cm³/mol. The molecule has 0 heterocycles. The number of carbonyl (C=O) groups is 3. The summed E-state index contributed by atoms with van der Waals surface area (Å²) >= 11 is 0. The Labute approximate surface area is 220 Å². The summed E-state index contributed by atoms with van der Waals surface area (Å²) in [5, 5.41) is 29.9. The van der Waals surface area contributed by atoms with E-state index >= 15 is 0 Å². The third kappa shape index (κ3) is 52.7. The third-order valence-electron chi connectivity index (χ3n) is 5.20. The van der Waals surface area contributed by atoms with Gasteiger partial charge in [-0.3, -0.25) is 0 Å². The summed E-state index contributed by atoms with van der Waals surface area (Å²) in [5.41, 5.74) is 0. The largest absolute Gasteiger partial charge is 3.00 e. The molecule has 0 aliphatic heterocycles. The minimum atomic E-state index is -0.916. The molecule has 0 saturated heterocycles. The van der Waals surface area contributed by atoms with Crippen LogP contribution in [0.1, 0.15) is 156 Å². The molecule has 7 heteroatoms. The number of carboxylic acid groups (broad SMARTS) is 3. The molecule has 0 unspecified atom stereocenters.